The quantitative estimate of drug-likeness (QED) is 0.775. The van der Waals surface area contributed by atoms with E-state index in [9.17, 15) is 4.79 Å². The Balaban J connectivity index is 1.88. The molecule has 0 radical (unpaired) electrons. The summed E-state index contributed by atoms with van der Waals surface area (Å²) < 4.78 is 5.54. The van der Waals surface area contributed by atoms with Gasteiger partial charge in [0, 0.05) is 18.4 Å². The third kappa shape index (κ3) is 1.60. The van der Waals surface area contributed by atoms with Crippen LogP contribution in [0.3, 0.4) is 0 Å². The van der Waals surface area contributed by atoms with Gasteiger partial charge in [-0.3, -0.25) is 4.79 Å². The maximum atomic E-state index is 11.8. The summed E-state index contributed by atoms with van der Waals surface area (Å²) in [5, 5.41) is 0. The SMILES string of the molecule is O=C1CCc2c1cccc2-c1ccc2c(c1)CCO2. The smallest absolute Gasteiger partial charge is 0.163 e. The number of benzene rings is 2. The average molecular weight is 250 g/mol. The zero-order valence-corrected chi connectivity index (χ0v) is 10.6. The monoisotopic (exact) mass is 250 g/mol. The van der Waals surface area contributed by atoms with Gasteiger partial charge in [-0.25, -0.2) is 0 Å². The second kappa shape index (κ2) is 3.95. The van der Waals surface area contributed by atoms with E-state index in [1.807, 2.05) is 18.2 Å². The van der Waals surface area contributed by atoms with Gasteiger partial charge < -0.3 is 4.74 Å². The van der Waals surface area contributed by atoms with Crippen molar-refractivity contribution in [1.29, 1.82) is 0 Å². The molecule has 2 aromatic carbocycles. The number of carbonyl (C=O) groups excluding carboxylic acids is 1. The molecule has 0 N–H and O–H groups in total. The number of ether oxygens (including phenoxy) is 1. The molecule has 0 spiro atoms. The van der Waals surface area contributed by atoms with Crippen LogP contribution < -0.4 is 4.74 Å². The molecule has 19 heavy (non-hydrogen) atoms. The lowest BCUT2D eigenvalue weighted by Gasteiger charge is -2.09. The van der Waals surface area contributed by atoms with E-state index in [-0.39, 0.29) is 5.78 Å². The van der Waals surface area contributed by atoms with Crippen LogP contribution in [0, 0.1) is 0 Å². The largest absolute Gasteiger partial charge is 0.493 e. The Morgan fingerprint density at radius 2 is 1.84 bits per heavy atom. The zero-order chi connectivity index (χ0) is 12.8. The van der Waals surface area contributed by atoms with Crippen molar-refractivity contribution in [2.45, 2.75) is 19.3 Å². The van der Waals surface area contributed by atoms with E-state index >= 15 is 0 Å². The van der Waals surface area contributed by atoms with Gasteiger partial charge in [0.2, 0.25) is 0 Å². The van der Waals surface area contributed by atoms with Crippen molar-refractivity contribution in [3.05, 3.63) is 53.1 Å². The fourth-order valence-corrected chi connectivity index (χ4v) is 3.12. The molecule has 0 aromatic heterocycles. The highest BCUT2D eigenvalue weighted by Gasteiger charge is 2.23. The second-order valence-corrected chi connectivity index (χ2v) is 5.18. The molecule has 0 amide bonds. The van der Waals surface area contributed by atoms with Crippen LogP contribution in [0.2, 0.25) is 0 Å². The molecule has 2 nitrogen and oxygen atoms in total. The zero-order valence-electron chi connectivity index (χ0n) is 10.6. The molecular formula is C17H14O2. The Morgan fingerprint density at radius 1 is 0.947 bits per heavy atom. The minimum absolute atomic E-state index is 0.279. The highest BCUT2D eigenvalue weighted by Crippen LogP contribution is 2.35. The van der Waals surface area contributed by atoms with E-state index in [1.54, 1.807) is 0 Å². The van der Waals surface area contributed by atoms with Crippen molar-refractivity contribution in [2.24, 2.45) is 0 Å². The molecule has 2 aromatic rings. The number of Topliss-reactive ketones (excluding diaryl/α,β-unsaturated/α-hetero) is 1. The molecule has 2 heteroatoms. The van der Waals surface area contributed by atoms with Crippen molar-refractivity contribution < 1.29 is 9.53 Å². The molecule has 0 bridgehead atoms. The first-order chi connectivity index (χ1) is 9.33. The standard InChI is InChI=1S/C17H14O2/c18-16-6-5-14-13(2-1-3-15(14)16)11-4-7-17-12(10-11)8-9-19-17/h1-4,7,10H,5-6,8-9H2. The molecule has 0 unspecified atom stereocenters. The second-order valence-electron chi connectivity index (χ2n) is 5.18. The minimum Gasteiger partial charge on any atom is -0.493 e. The predicted octanol–water partition coefficient (Wildman–Crippen LogP) is 3.42. The van der Waals surface area contributed by atoms with Crippen LogP contribution >= 0.6 is 0 Å². The van der Waals surface area contributed by atoms with Gasteiger partial charge in [-0.1, -0.05) is 24.3 Å². The highest BCUT2D eigenvalue weighted by molar-refractivity contribution is 6.02. The Kier molecular flexibility index (Phi) is 2.25. The van der Waals surface area contributed by atoms with Crippen molar-refractivity contribution in [1.82, 2.24) is 0 Å². The minimum atomic E-state index is 0.279. The Hall–Kier alpha value is -2.09. The lowest BCUT2D eigenvalue weighted by atomic mass is 9.95. The summed E-state index contributed by atoms with van der Waals surface area (Å²) in [6, 6.07) is 12.4. The van der Waals surface area contributed by atoms with Crippen molar-refractivity contribution in [2.75, 3.05) is 6.61 Å². The van der Waals surface area contributed by atoms with Crippen LogP contribution in [0.1, 0.15) is 27.9 Å². The van der Waals surface area contributed by atoms with Gasteiger partial charge in [0.05, 0.1) is 6.61 Å². The molecule has 0 saturated heterocycles. The van der Waals surface area contributed by atoms with E-state index < -0.39 is 0 Å². The molecule has 1 aliphatic carbocycles. The molecular weight excluding hydrogens is 236 g/mol. The summed E-state index contributed by atoms with van der Waals surface area (Å²) in [6.07, 6.45) is 2.51. The molecule has 4 rings (SSSR count). The van der Waals surface area contributed by atoms with E-state index in [2.05, 4.69) is 18.2 Å². The average Bonchev–Trinajstić information content (AvgIpc) is 3.05. The van der Waals surface area contributed by atoms with Crippen LogP contribution in [0.25, 0.3) is 11.1 Å². The van der Waals surface area contributed by atoms with Crippen molar-refractivity contribution in [3.63, 3.8) is 0 Å². The Labute approximate surface area is 112 Å². The van der Waals surface area contributed by atoms with Crippen molar-refractivity contribution >= 4 is 5.78 Å². The van der Waals surface area contributed by atoms with E-state index in [0.717, 1.165) is 30.8 Å². The fraction of sp³-hybridized carbons (Fsp3) is 0.235. The summed E-state index contributed by atoms with van der Waals surface area (Å²) in [6.45, 7) is 0.782. The lowest BCUT2D eigenvalue weighted by Crippen LogP contribution is -1.92. The summed E-state index contributed by atoms with van der Waals surface area (Å²) in [5.74, 6) is 1.29. The summed E-state index contributed by atoms with van der Waals surface area (Å²) in [4.78, 5) is 11.8. The Morgan fingerprint density at radius 3 is 2.79 bits per heavy atom. The number of ketones is 1. The molecule has 1 heterocycles. The maximum Gasteiger partial charge on any atom is 0.163 e. The topological polar surface area (TPSA) is 26.3 Å². The highest BCUT2D eigenvalue weighted by atomic mass is 16.5. The third-order valence-electron chi connectivity index (χ3n) is 4.08. The van der Waals surface area contributed by atoms with Gasteiger partial charge in [0.25, 0.3) is 0 Å². The number of carbonyl (C=O) groups is 1. The summed E-state index contributed by atoms with van der Waals surface area (Å²) in [7, 11) is 0. The summed E-state index contributed by atoms with van der Waals surface area (Å²) >= 11 is 0. The molecule has 1 aliphatic heterocycles. The van der Waals surface area contributed by atoms with Gasteiger partial charge >= 0.3 is 0 Å². The van der Waals surface area contributed by atoms with Gasteiger partial charge in [0.1, 0.15) is 5.75 Å². The first-order valence-corrected chi connectivity index (χ1v) is 6.74. The normalized spacial score (nSPS) is 16.1. The van der Waals surface area contributed by atoms with Crippen LogP contribution in [-0.4, -0.2) is 12.4 Å². The maximum absolute atomic E-state index is 11.8. The van der Waals surface area contributed by atoms with Gasteiger partial charge in [-0.2, -0.15) is 0 Å². The molecule has 2 aliphatic rings. The van der Waals surface area contributed by atoms with Crippen LogP contribution in [0.5, 0.6) is 5.75 Å². The predicted molar refractivity (Wildman–Crippen MR) is 73.7 cm³/mol. The fourth-order valence-electron chi connectivity index (χ4n) is 3.12. The van der Waals surface area contributed by atoms with E-state index in [0.29, 0.717) is 6.42 Å². The lowest BCUT2D eigenvalue weighted by molar-refractivity contribution is 0.0994. The molecule has 0 atom stereocenters. The number of fused-ring (bicyclic) bond motifs is 2. The first-order valence-electron chi connectivity index (χ1n) is 6.74. The third-order valence-corrected chi connectivity index (χ3v) is 4.08. The number of hydrogen-bond acceptors (Lipinski definition) is 2. The van der Waals surface area contributed by atoms with Gasteiger partial charge in [0.15, 0.2) is 5.78 Å². The molecule has 0 fully saturated rings. The first kappa shape index (κ1) is 10.8. The van der Waals surface area contributed by atoms with Crippen molar-refractivity contribution in [3.8, 4) is 16.9 Å². The Bertz CT molecular complexity index is 686. The molecule has 94 valence electrons. The number of hydrogen-bond donors (Lipinski definition) is 0. The summed E-state index contributed by atoms with van der Waals surface area (Å²) in [5.41, 5.74) is 5.81. The van der Waals surface area contributed by atoms with Gasteiger partial charge in [-0.15, -0.1) is 0 Å². The van der Waals surface area contributed by atoms with Crippen LogP contribution in [0.15, 0.2) is 36.4 Å². The van der Waals surface area contributed by atoms with Crippen LogP contribution in [-0.2, 0) is 12.8 Å². The van der Waals surface area contributed by atoms with Crippen LogP contribution in [0.4, 0.5) is 0 Å². The molecule has 0 saturated carbocycles. The number of rotatable bonds is 1. The van der Waals surface area contributed by atoms with E-state index in [1.165, 1.54) is 22.3 Å². The van der Waals surface area contributed by atoms with E-state index in [4.69, 9.17) is 4.74 Å². The van der Waals surface area contributed by atoms with Gasteiger partial charge in [-0.05, 0) is 40.8 Å².